The van der Waals surface area contributed by atoms with Gasteiger partial charge in [-0.15, -0.1) is 11.3 Å². The van der Waals surface area contributed by atoms with Crippen molar-refractivity contribution in [1.29, 1.82) is 0 Å². The molecule has 0 bridgehead atoms. The van der Waals surface area contributed by atoms with Crippen LogP contribution >= 0.6 is 11.3 Å². The number of carboxylic acids is 1. The van der Waals surface area contributed by atoms with E-state index in [1.165, 1.54) is 13.3 Å². The van der Waals surface area contributed by atoms with Crippen molar-refractivity contribution in [2.45, 2.75) is 13.5 Å². The number of aromatic nitrogens is 2. The Hall–Kier alpha value is -2.81. The number of hydrogen-bond donors (Lipinski definition) is 2. The van der Waals surface area contributed by atoms with Gasteiger partial charge in [0.1, 0.15) is 27.7 Å². The summed E-state index contributed by atoms with van der Waals surface area (Å²) in [6, 6.07) is 3.04. The number of aromatic carboxylic acids is 1. The van der Waals surface area contributed by atoms with E-state index >= 15 is 0 Å². The smallest absolute Gasteiger partial charge is 0.346 e. The second-order valence-corrected chi connectivity index (χ2v) is 6.07. The number of nitrogens with one attached hydrogen (secondary N) is 1. The van der Waals surface area contributed by atoms with Crippen molar-refractivity contribution >= 4 is 27.5 Å². The summed E-state index contributed by atoms with van der Waals surface area (Å²) in [6.45, 7) is 1.54. The highest BCUT2D eigenvalue weighted by atomic mass is 32.1. The van der Waals surface area contributed by atoms with Gasteiger partial charge in [-0.05, 0) is 30.2 Å². The lowest BCUT2D eigenvalue weighted by atomic mass is 10.2. The maximum atomic E-state index is 13.2. The summed E-state index contributed by atoms with van der Waals surface area (Å²) in [5.74, 6) is -2.55. The molecule has 3 rings (SSSR count). The van der Waals surface area contributed by atoms with Crippen LogP contribution in [0.1, 0.15) is 20.8 Å². The summed E-state index contributed by atoms with van der Waals surface area (Å²) in [5, 5.41) is 9.32. The fourth-order valence-electron chi connectivity index (χ4n) is 2.33. The number of halogens is 2. The Labute approximate surface area is 138 Å². The van der Waals surface area contributed by atoms with E-state index in [1.807, 2.05) is 0 Å². The summed E-state index contributed by atoms with van der Waals surface area (Å²) in [4.78, 5) is 28.1. The van der Waals surface area contributed by atoms with Crippen LogP contribution in [-0.2, 0) is 6.54 Å². The lowest BCUT2D eigenvalue weighted by Gasteiger charge is -2.09. The zero-order valence-electron chi connectivity index (χ0n) is 12.3. The third kappa shape index (κ3) is 2.85. The average Bonchev–Trinajstić information content (AvgIpc) is 2.83. The van der Waals surface area contributed by atoms with E-state index in [2.05, 4.69) is 10.4 Å². The largest absolute Gasteiger partial charge is 0.477 e. The van der Waals surface area contributed by atoms with E-state index in [0.29, 0.717) is 16.0 Å². The summed E-state index contributed by atoms with van der Waals surface area (Å²) < 4.78 is 27.4. The number of fused-ring (bicyclic) bond motifs is 1. The van der Waals surface area contributed by atoms with Gasteiger partial charge in [-0.25, -0.2) is 23.2 Å². The van der Waals surface area contributed by atoms with Gasteiger partial charge >= 0.3 is 5.97 Å². The van der Waals surface area contributed by atoms with E-state index in [0.717, 1.165) is 34.2 Å². The minimum atomic E-state index is -1.12. The second-order valence-electron chi connectivity index (χ2n) is 5.07. The summed E-state index contributed by atoms with van der Waals surface area (Å²) >= 11 is 0.922. The zero-order valence-corrected chi connectivity index (χ0v) is 13.2. The molecule has 124 valence electrons. The molecule has 0 amide bonds. The highest BCUT2D eigenvalue weighted by molar-refractivity contribution is 7.20. The maximum Gasteiger partial charge on any atom is 0.346 e. The Bertz CT molecular complexity index is 993. The van der Waals surface area contributed by atoms with E-state index in [-0.39, 0.29) is 16.8 Å². The predicted octanol–water partition coefficient (Wildman–Crippen LogP) is 2.49. The molecule has 0 aliphatic rings. The summed E-state index contributed by atoms with van der Waals surface area (Å²) in [5.41, 5.74) is 2.89. The molecular weight excluding hydrogens is 340 g/mol. The van der Waals surface area contributed by atoms with Gasteiger partial charge in [0.15, 0.2) is 0 Å². The van der Waals surface area contributed by atoms with Gasteiger partial charge in [-0.3, -0.25) is 4.79 Å². The van der Waals surface area contributed by atoms with Crippen molar-refractivity contribution in [1.82, 2.24) is 9.66 Å². The first kappa shape index (κ1) is 16.1. The summed E-state index contributed by atoms with van der Waals surface area (Å²) in [6.07, 6.45) is 1.21. The van der Waals surface area contributed by atoms with Crippen LogP contribution in [0.15, 0.2) is 29.3 Å². The van der Waals surface area contributed by atoms with Crippen LogP contribution in [0.25, 0.3) is 10.2 Å². The highest BCUT2D eigenvalue weighted by Crippen LogP contribution is 2.26. The predicted molar refractivity (Wildman–Crippen MR) is 85.0 cm³/mol. The molecule has 2 aromatic heterocycles. The number of benzene rings is 1. The highest BCUT2D eigenvalue weighted by Gasteiger charge is 2.18. The molecule has 0 aliphatic heterocycles. The van der Waals surface area contributed by atoms with Gasteiger partial charge in [0.05, 0.1) is 11.9 Å². The number of nitrogens with zero attached hydrogens (tertiary/aromatic N) is 2. The van der Waals surface area contributed by atoms with Crippen LogP contribution in [0.2, 0.25) is 0 Å². The van der Waals surface area contributed by atoms with Crippen LogP contribution in [-0.4, -0.2) is 20.7 Å². The lowest BCUT2D eigenvalue weighted by molar-refractivity contribution is 0.0701. The molecule has 2 heterocycles. The number of carbonyl (C=O) groups is 1. The Morgan fingerprint density at radius 3 is 2.62 bits per heavy atom. The van der Waals surface area contributed by atoms with E-state index in [4.69, 9.17) is 5.11 Å². The Kier molecular flexibility index (Phi) is 4.02. The molecule has 6 nitrogen and oxygen atoms in total. The standard InChI is InChI=1S/C15H11F2N3O3S/c1-7-11-13(24-12(7)15(22)23)18-6-20(14(11)21)19-5-8-2-9(16)4-10(17)3-8/h2-4,6,19H,5H2,1H3,(H,22,23). The van der Waals surface area contributed by atoms with Crippen LogP contribution in [0.4, 0.5) is 8.78 Å². The van der Waals surface area contributed by atoms with Gasteiger partial charge in [0.2, 0.25) is 0 Å². The molecular formula is C15H11F2N3O3S. The van der Waals surface area contributed by atoms with E-state index < -0.39 is 23.2 Å². The number of hydrogen-bond acceptors (Lipinski definition) is 5. The van der Waals surface area contributed by atoms with Crippen LogP contribution in [0.3, 0.4) is 0 Å². The Morgan fingerprint density at radius 2 is 2.00 bits per heavy atom. The Morgan fingerprint density at radius 1 is 1.33 bits per heavy atom. The molecule has 2 N–H and O–H groups in total. The fourth-order valence-corrected chi connectivity index (χ4v) is 3.31. The Balaban J connectivity index is 1.95. The number of thiophene rings is 1. The zero-order chi connectivity index (χ0) is 17.4. The number of rotatable bonds is 4. The first-order valence-electron chi connectivity index (χ1n) is 6.79. The minimum Gasteiger partial charge on any atom is -0.477 e. The van der Waals surface area contributed by atoms with Crippen molar-refractivity contribution in [2.75, 3.05) is 5.43 Å². The third-order valence-corrected chi connectivity index (χ3v) is 4.61. The van der Waals surface area contributed by atoms with Gasteiger partial charge < -0.3 is 10.5 Å². The van der Waals surface area contributed by atoms with Gasteiger partial charge in [0.25, 0.3) is 5.56 Å². The van der Waals surface area contributed by atoms with Crippen molar-refractivity contribution in [2.24, 2.45) is 0 Å². The average molecular weight is 351 g/mol. The molecule has 3 aromatic rings. The molecule has 0 spiro atoms. The third-order valence-electron chi connectivity index (χ3n) is 3.42. The van der Waals surface area contributed by atoms with E-state index in [9.17, 15) is 18.4 Å². The van der Waals surface area contributed by atoms with Crippen molar-refractivity contribution in [3.05, 3.63) is 62.5 Å². The molecule has 0 saturated carbocycles. The summed E-state index contributed by atoms with van der Waals surface area (Å²) in [7, 11) is 0. The quantitative estimate of drug-likeness (QED) is 0.754. The minimum absolute atomic E-state index is 0.00323. The van der Waals surface area contributed by atoms with Gasteiger partial charge in [0, 0.05) is 6.07 Å². The molecule has 1 aromatic carbocycles. The molecule has 0 fully saturated rings. The van der Waals surface area contributed by atoms with Gasteiger partial charge in [-0.1, -0.05) is 0 Å². The number of aryl methyl sites for hydroxylation is 1. The van der Waals surface area contributed by atoms with Gasteiger partial charge in [-0.2, -0.15) is 0 Å². The van der Waals surface area contributed by atoms with Crippen molar-refractivity contribution in [3.63, 3.8) is 0 Å². The first-order valence-corrected chi connectivity index (χ1v) is 7.61. The maximum absolute atomic E-state index is 13.2. The number of carboxylic acid groups (broad SMARTS) is 1. The lowest BCUT2D eigenvalue weighted by Crippen LogP contribution is -2.29. The topological polar surface area (TPSA) is 84.2 Å². The van der Waals surface area contributed by atoms with Crippen molar-refractivity contribution < 1.29 is 18.7 Å². The molecule has 0 atom stereocenters. The SMILES string of the molecule is Cc1c(C(=O)O)sc2ncn(NCc3cc(F)cc(F)c3)c(=O)c12. The molecule has 24 heavy (non-hydrogen) atoms. The normalized spacial score (nSPS) is 11.0. The molecule has 0 aliphatic carbocycles. The monoisotopic (exact) mass is 351 g/mol. The van der Waals surface area contributed by atoms with Crippen LogP contribution in [0, 0.1) is 18.6 Å². The fraction of sp³-hybridized carbons (Fsp3) is 0.133. The van der Waals surface area contributed by atoms with Crippen LogP contribution in [0.5, 0.6) is 0 Å². The molecule has 0 unspecified atom stereocenters. The van der Waals surface area contributed by atoms with Crippen molar-refractivity contribution in [3.8, 4) is 0 Å². The molecule has 9 heteroatoms. The van der Waals surface area contributed by atoms with Crippen LogP contribution < -0.4 is 11.0 Å². The molecule has 0 radical (unpaired) electrons. The molecule has 0 saturated heterocycles. The van der Waals surface area contributed by atoms with E-state index in [1.54, 1.807) is 0 Å². The second kappa shape index (κ2) is 6.00. The first-order chi connectivity index (χ1) is 11.4.